The number of carbonyl (C=O) groups is 1. The summed E-state index contributed by atoms with van der Waals surface area (Å²) in [7, 11) is 1.73. The molecule has 1 aliphatic heterocycles. The molecule has 3 heterocycles. The van der Waals surface area contributed by atoms with E-state index in [1.54, 1.807) is 7.05 Å². The normalized spacial score (nSPS) is 16.0. The predicted molar refractivity (Wildman–Crippen MR) is 129 cm³/mol. The van der Waals surface area contributed by atoms with Crippen molar-refractivity contribution < 1.29 is 4.79 Å². The number of para-hydroxylation sites is 1. The molecule has 0 radical (unpaired) electrons. The van der Waals surface area contributed by atoms with E-state index in [-0.39, 0.29) is 35.8 Å². The van der Waals surface area contributed by atoms with Crippen molar-refractivity contribution in [2.24, 2.45) is 4.99 Å². The number of imidazole rings is 1. The Balaban J connectivity index is 0.00000240. The van der Waals surface area contributed by atoms with Gasteiger partial charge in [0.25, 0.3) is 0 Å². The highest BCUT2D eigenvalue weighted by Gasteiger charge is 2.24. The monoisotopic (exact) mass is 568 g/mol. The van der Waals surface area contributed by atoms with Gasteiger partial charge in [0.15, 0.2) is 5.96 Å². The molecule has 2 aromatic heterocycles. The van der Waals surface area contributed by atoms with Crippen molar-refractivity contribution in [3.63, 3.8) is 0 Å². The van der Waals surface area contributed by atoms with Crippen molar-refractivity contribution in [3.05, 3.63) is 64.5 Å². The molecule has 1 amide bonds. The van der Waals surface area contributed by atoms with Gasteiger partial charge in [0.2, 0.25) is 5.91 Å². The van der Waals surface area contributed by atoms with Crippen LogP contribution in [0.25, 0.3) is 5.65 Å². The highest BCUT2D eigenvalue weighted by molar-refractivity contribution is 14.0. The second-order valence-electron chi connectivity index (χ2n) is 6.69. The topological polar surface area (TPSA) is 82.8 Å². The van der Waals surface area contributed by atoms with Crippen LogP contribution in [0.2, 0.25) is 0 Å². The van der Waals surface area contributed by atoms with Crippen molar-refractivity contribution in [1.29, 1.82) is 0 Å². The van der Waals surface area contributed by atoms with E-state index in [9.17, 15) is 4.79 Å². The van der Waals surface area contributed by atoms with Gasteiger partial charge in [0.05, 0.1) is 12.2 Å². The quantitative estimate of drug-likeness (QED) is 0.256. The molecule has 3 N–H and O–H groups in total. The average Bonchev–Trinajstić information content (AvgIpc) is 3.09. The number of hydrogen-bond acceptors (Lipinski definition) is 3. The van der Waals surface area contributed by atoms with Gasteiger partial charge in [0, 0.05) is 48.5 Å². The lowest BCUT2D eigenvalue weighted by molar-refractivity contribution is -0.116. The minimum Gasteiger partial charge on any atom is -0.356 e. The van der Waals surface area contributed by atoms with E-state index in [0.29, 0.717) is 25.5 Å². The molecule has 0 bridgehead atoms. The first-order valence-corrected chi connectivity index (χ1v) is 9.88. The fraction of sp³-hybridized carbons (Fsp3) is 0.250. The van der Waals surface area contributed by atoms with Gasteiger partial charge in [-0.1, -0.05) is 18.2 Å². The van der Waals surface area contributed by atoms with Gasteiger partial charge in [-0.3, -0.25) is 9.79 Å². The van der Waals surface area contributed by atoms with Crippen molar-refractivity contribution in [3.8, 4) is 0 Å². The molecule has 7 nitrogen and oxygen atoms in total. The lowest BCUT2D eigenvalue weighted by atomic mass is 9.90. The number of fused-ring (bicyclic) bond motifs is 2. The Morgan fingerprint density at radius 1 is 1.28 bits per heavy atom. The highest BCUT2D eigenvalue weighted by Crippen LogP contribution is 2.31. The fourth-order valence-electron chi connectivity index (χ4n) is 3.40. The molecule has 0 saturated heterocycles. The molecule has 1 unspecified atom stereocenters. The highest BCUT2D eigenvalue weighted by atomic mass is 127. The number of carbonyl (C=O) groups excluding carboxylic acids is 1. The predicted octanol–water partition coefficient (Wildman–Crippen LogP) is 3.51. The van der Waals surface area contributed by atoms with Crippen molar-refractivity contribution >= 4 is 63.1 Å². The molecule has 1 aliphatic rings. The number of halogens is 2. The fourth-order valence-corrected chi connectivity index (χ4v) is 3.75. The van der Waals surface area contributed by atoms with E-state index in [1.165, 1.54) is 0 Å². The minimum absolute atomic E-state index is 0. The second kappa shape index (κ2) is 9.57. The van der Waals surface area contributed by atoms with E-state index >= 15 is 0 Å². The number of anilines is 1. The van der Waals surface area contributed by atoms with Gasteiger partial charge < -0.3 is 20.4 Å². The Morgan fingerprint density at radius 2 is 2.10 bits per heavy atom. The summed E-state index contributed by atoms with van der Waals surface area (Å²) in [5.41, 5.74) is 3.86. The van der Waals surface area contributed by atoms with Crippen molar-refractivity contribution in [2.75, 3.05) is 18.9 Å². The van der Waals surface area contributed by atoms with Crippen LogP contribution >= 0.6 is 39.9 Å². The zero-order valence-corrected chi connectivity index (χ0v) is 19.8. The van der Waals surface area contributed by atoms with Crippen LogP contribution in [0.1, 0.15) is 23.6 Å². The smallest absolute Gasteiger partial charge is 0.225 e. The molecule has 0 fully saturated rings. The van der Waals surface area contributed by atoms with Gasteiger partial charge in [-0.2, -0.15) is 0 Å². The summed E-state index contributed by atoms with van der Waals surface area (Å²) >= 11 is 3.47. The molecule has 29 heavy (non-hydrogen) atoms. The molecule has 1 aromatic carbocycles. The number of aromatic nitrogens is 2. The number of guanidine groups is 1. The number of rotatable bonds is 4. The van der Waals surface area contributed by atoms with E-state index in [4.69, 9.17) is 0 Å². The Kier molecular flexibility index (Phi) is 7.12. The Morgan fingerprint density at radius 3 is 2.93 bits per heavy atom. The maximum Gasteiger partial charge on any atom is 0.225 e. The summed E-state index contributed by atoms with van der Waals surface area (Å²) in [6.07, 6.45) is 4.43. The molecule has 0 spiro atoms. The Hall–Kier alpha value is -2.14. The molecule has 1 atom stereocenters. The SMILES string of the molecule is CN=C(NCc1cn2cc(Br)ccc2n1)NCC1CC(=O)Nc2ccccc21.I. The summed E-state index contributed by atoms with van der Waals surface area (Å²) in [5, 5.41) is 9.55. The zero-order valence-electron chi connectivity index (χ0n) is 15.9. The van der Waals surface area contributed by atoms with Crippen LogP contribution in [0.5, 0.6) is 0 Å². The van der Waals surface area contributed by atoms with Crippen LogP contribution in [-0.4, -0.2) is 34.8 Å². The van der Waals surface area contributed by atoms with E-state index < -0.39 is 0 Å². The molecule has 3 aromatic rings. The number of aliphatic imine (C=N–C) groups is 1. The molecular weight excluding hydrogens is 547 g/mol. The lowest BCUT2D eigenvalue weighted by Gasteiger charge is -2.26. The van der Waals surface area contributed by atoms with Crippen LogP contribution in [0.15, 0.2) is 58.3 Å². The van der Waals surface area contributed by atoms with Gasteiger partial charge in [-0.25, -0.2) is 4.98 Å². The van der Waals surface area contributed by atoms with Crippen LogP contribution in [0.3, 0.4) is 0 Å². The molecule has 0 saturated carbocycles. The number of hydrogen-bond donors (Lipinski definition) is 3. The standard InChI is InChI=1S/C20H21BrN6O.HI/c1-22-20(24-10-15-12-27-11-14(21)6-7-18(27)25-15)23-9-13-8-19(28)26-17-5-3-2-4-16(13)17;/h2-7,11-13H,8-10H2,1H3,(H,26,28)(H2,22,23,24);1H. The van der Waals surface area contributed by atoms with Gasteiger partial charge in [-0.05, 0) is 39.7 Å². The summed E-state index contributed by atoms with van der Waals surface area (Å²) < 4.78 is 2.99. The maximum absolute atomic E-state index is 12.0. The maximum atomic E-state index is 12.0. The van der Waals surface area contributed by atoms with Crippen LogP contribution in [0, 0.1) is 0 Å². The average molecular weight is 569 g/mol. The first kappa shape index (κ1) is 21.6. The van der Waals surface area contributed by atoms with Gasteiger partial charge >= 0.3 is 0 Å². The Labute approximate surface area is 194 Å². The van der Waals surface area contributed by atoms with E-state index in [1.807, 2.05) is 47.1 Å². The summed E-state index contributed by atoms with van der Waals surface area (Å²) in [6.45, 7) is 1.18. The summed E-state index contributed by atoms with van der Waals surface area (Å²) in [5.74, 6) is 0.835. The van der Waals surface area contributed by atoms with Crippen LogP contribution in [-0.2, 0) is 11.3 Å². The van der Waals surface area contributed by atoms with Crippen LogP contribution in [0.4, 0.5) is 5.69 Å². The summed E-state index contributed by atoms with van der Waals surface area (Å²) in [4.78, 5) is 20.8. The molecule has 9 heteroatoms. The number of amides is 1. The third kappa shape index (κ3) is 5.08. The van der Waals surface area contributed by atoms with E-state index in [2.05, 4.69) is 47.9 Å². The Bertz CT molecular complexity index is 1050. The van der Waals surface area contributed by atoms with Crippen LogP contribution < -0.4 is 16.0 Å². The molecule has 4 rings (SSSR count). The number of benzene rings is 1. The largest absolute Gasteiger partial charge is 0.356 e. The molecular formula is C20H22BrIN6O. The number of nitrogens with zero attached hydrogens (tertiary/aromatic N) is 3. The molecule has 152 valence electrons. The first-order valence-electron chi connectivity index (χ1n) is 9.09. The minimum atomic E-state index is 0. The van der Waals surface area contributed by atoms with Gasteiger partial charge in [0.1, 0.15) is 5.65 Å². The number of nitrogens with one attached hydrogen (secondary N) is 3. The van der Waals surface area contributed by atoms with Gasteiger partial charge in [-0.15, -0.1) is 24.0 Å². The van der Waals surface area contributed by atoms with Crippen molar-refractivity contribution in [1.82, 2.24) is 20.0 Å². The third-order valence-corrected chi connectivity index (χ3v) is 5.22. The molecule has 0 aliphatic carbocycles. The van der Waals surface area contributed by atoms with Crippen molar-refractivity contribution in [2.45, 2.75) is 18.9 Å². The van der Waals surface area contributed by atoms with E-state index in [0.717, 1.165) is 27.1 Å². The first-order chi connectivity index (χ1) is 13.6. The number of pyridine rings is 1. The zero-order chi connectivity index (χ0) is 19.5. The summed E-state index contributed by atoms with van der Waals surface area (Å²) in [6, 6.07) is 11.9. The third-order valence-electron chi connectivity index (χ3n) is 4.75. The lowest BCUT2D eigenvalue weighted by Crippen LogP contribution is -2.40. The second-order valence-corrected chi connectivity index (χ2v) is 7.60.